The average molecular weight is 683 g/mol. The van der Waals surface area contributed by atoms with Crippen LogP contribution in [0.2, 0.25) is 0 Å². The number of carbonyl (C=O) groups excluding carboxylic acids is 1. The quantitative estimate of drug-likeness (QED) is 0.197. The Kier molecular flexibility index (Phi) is 9.79. The Hall–Kier alpha value is -4.94. The molecule has 2 aromatic carbocycles. The first-order valence-electron chi connectivity index (χ1n) is 14.9. The molecule has 0 unspecified atom stereocenters. The number of nitriles is 1. The molecule has 11 nitrogen and oxygen atoms in total. The highest BCUT2D eigenvalue weighted by molar-refractivity contribution is 7.91. The lowest BCUT2D eigenvalue weighted by Gasteiger charge is -2.33. The SMILES string of the molecule is CON(CS(=O)(=O)c1cc(F)ccc1F)c1cccc(-c2nn(C3CCN(C(=O)OC(C)(C)C)CC3)cc2-c2ccnc(C#N)c2)c1F. The zero-order valence-electron chi connectivity index (χ0n) is 26.7. The van der Waals surface area contributed by atoms with Crippen LogP contribution < -0.4 is 5.06 Å². The number of anilines is 1. The van der Waals surface area contributed by atoms with Gasteiger partial charge in [-0.25, -0.2) is 36.4 Å². The number of ether oxygens (including phenoxy) is 1. The van der Waals surface area contributed by atoms with Gasteiger partial charge in [-0.1, -0.05) is 6.07 Å². The van der Waals surface area contributed by atoms with E-state index >= 15 is 4.39 Å². The topological polar surface area (TPSA) is 131 Å². The minimum Gasteiger partial charge on any atom is -0.444 e. The van der Waals surface area contributed by atoms with Gasteiger partial charge in [-0.3, -0.25) is 9.52 Å². The van der Waals surface area contributed by atoms with Crippen molar-refractivity contribution < 1.29 is 36.0 Å². The van der Waals surface area contributed by atoms with E-state index < -0.39 is 49.8 Å². The first kappa shape index (κ1) is 34.4. The lowest BCUT2D eigenvalue weighted by molar-refractivity contribution is 0.0184. The maximum Gasteiger partial charge on any atom is 0.410 e. The van der Waals surface area contributed by atoms with Gasteiger partial charge in [-0.15, -0.1) is 0 Å². The molecular formula is C33H33F3N6O5S. The molecule has 4 aromatic rings. The fourth-order valence-corrected chi connectivity index (χ4v) is 6.69. The van der Waals surface area contributed by atoms with Crippen LogP contribution >= 0.6 is 0 Å². The Morgan fingerprint density at radius 2 is 1.81 bits per heavy atom. The summed E-state index contributed by atoms with van der Waals surface area (Å²) in [6, 6.07) is 11.3. The summed E-state index contributed by atoms with van der Waals surface area (Å²) in [6.45, 7) is 6.20. The molecule has 0 aliphatic carbocycles. The number of likely N-dealkylation sites (tertiary alicyclic amines) is 1. The number of carbonyl (C=O) groups is 1. The number of hydrogen-bond donors (Lipinski definition) is 0. The molecule has 0 saturated carbocycles. The highest BCUT2D eigenvalue weighted by atomic mass is 32.2. The van der Waals surface area contributed by atoms with Crippen molar-refractivity contribution in [2.24, 2.45) is 0 Å². The lowest BCUT2D eigenvalue weighted by atomic mass is 10.0. The lowest BCUT2D eigenvalue weighted by Crippen LogP contribution is -2.42. The van der Waals surface area contributed by atoms with Crippen LogP contribution in [0.5, 0.6) is 0 Å². The normalized spacial score (nSPS) is 14.1. The third kappa shape index (κ3) is 7.45. The molecular weight excluding hydrogens is 649 g/mol. The Bertz CT molecular complexity index is 1980. The van der Waals surface area contributed by atoms with Crippen molar-refractivity contribution in [3.05, 3.63) is 84.1 Å². The number of halogens is 3. The van der Waals surface area contributed by atoms with Gasteiger partial charge in [0.1, 0.15) is 45.3 Å². The maximum atomic E-state index is 16.5. The van der Waals surface area contributed by atoms with Crippen molar-refractivity contribution >= 4 is 21.6 Å². The molecule has 0 atom stereocenters. The number of pyridine rings is 1. The molecule has 0 spiro atoms. The number of benzene rings is 2. The molecule has 0 N–H and O–H groups in total. The van der Waals surface area contributed by atoms with Gasteiger partial charge in [0.2, 0.25) is 9.84 Å². The number of aromatic nitrogens is 3. The van der Waals surface area contributed by atoms with Crippen molar-refractivity contribution in [2.75, 3.05) is 31.1 Å². The molecule has 1 amide bonds. The van der Waals surface area contributed by atoms with Gasteiger partial charge in [-0.2, -0.15) is 10.4 Å². The van der Waals surface area contributed by atoms with Crippen LogP contribution in [-0.2, 0) is 19.4 Å². The summed E-state index contributed by atoms with van der Waals surface area (Å²) >= 11 is 0. The van der Waals surface area contributed by atoms with Crippen molar-refractivity contribution in [3.8, 4) is 28.5 Å². The molecule has 2 aromatic heterocycles. The van der Waals surface area contributed by atoms with Crippen molar-refractivity contribution in [1.29, 1.82) is 5.26 Å². The first-order valence-corrected chi connectivity index (χ1v) is 16.6. The van der Waals surface area contributed by atoms with Gasteiger partial charge in [0.05, 0.1) is 13.2 Å². The fourth-order valence-electron chi connectivity index (χ4n) is 5.34. The third-order valence-corrected chi connectivity index (χ3v) is 9.20. The predicted molar refractivity (Wildman–Crippen MR) is 170 cm³/mol. The Morgan fingerprint density at radius 3 is 2.48 bits per heavy atom. The zero-order valence-corrected chi connectivity index (χ0v) is 27.5. The summed E-state index contributed by atoms with van der Waals surface area (Å²) in [5, 5.41) is 15.0. The van der Waals surface area contributed by atoms with Gasteiger partial charge in [-0.05, 0) is 81.6 Å². The van der Waals surface area contributed by atoms with Crippen molar-refractivity contribution in [3.63, 3.8) is 0 Å². The molecule has 1 saturated heterocycles. The second-order valence-corrected chi connectivity index (χ2v) is 14.1. The van der Waals surface area contributed by atoms with Crippen LogP contribution in [0, 0.1) is 28.8 Å². The van der Waals surface area contributed by atoms with E-state index in [0.29, 0.717) is 49.2 Å². The van der Waals surface area contributed by atoms with E-state index in [1.165, 1.54) is 24.4 Å². The van der Waals surface area contributed by atoms with E-state index in [1.54, 1.807) is 48.7 Å². The van der Waals surface area contributed by atoms with E-state index in [0.717, 1.165) is 18.2 Å². The van der Waals surface area contributed by atoms with Gasteiger partial charge in [0, 0.05) is 36.6 Å². The predicted octanol–water partition coefficient (Wildman–Crippen LogP) is 6.27. The van der Waals surface area contributed by atoms with Crippen LogP contribution in [0.3, 0.4) is 0 Å². The molecule has 1 aliphatic rings. The largest absolute Gasteiger partial charge is 0.444 e. The zero-order chi connectivity index (χ0) is 34.8. The monoisotopic (exact) mass is 682 g/mol. The maximum absolute atomic E-state index is 16.5. The van der Waals surface area contributed by atoms with Crippen LogP contribution in [0.4, 0.5) is 23.7 Å². The minimum absolute atomic E-state index is 0.0147. The molecule has 1 fully saturated rings. The summed E-state index contributed by atoms with van der Waals surface area (Å²) in [5.74, 6) is -4.04. The highest BCUT2D eigenvalue weighted by Gasteiger charge is 2.31. The standard InChI is InChI=1S/C33H33F3N6O5S/c1-33(2,3)47-32(43)40-14-11-24(12-15-40)41-19-26(21-10-13-38-23(16-21)18-37)31(39-41)25-6-5-7-28(30(25)36)42(46-4)20-48(44,45)29-17-22(34)8-9-27(29)35/h5-10,13,16-17,19,24H,11-12,14-15,20H2,1-4H3. The summed E-state index contributed by atoms with van der Waals surface area (Å²) in [7, 11) is -3.41. The van der Waals surface area contributed by atoms with Crippen LogP contribution in [0.25, 0.3) is 22.4 Å². The number of amides is 1. The van der Waals surface area contributed by atoms with Crippen LogP contribution in [0.1, 0.15) is 45.3 Å². The number of piperidine rings is 1. The van der Waals surface area contributed by atoms with E-state index in [-0.39, 0.29) is 28.7 Å². The van der Waals surface area contributed by atoms with Crippen LogP contribution in [0.15, 0.2) is 65.8 Å². The molecule has 0 radical (unpaired) electrons. The van der Waals surface area contributed by atoms with Gasteiger partial charge in [0.25, 0.3) is 0 Å². The summed E-state index contributed by atoms with van der Waals surface area (Å²) in [5.41, 5.74) is 0.377. The number of nitrogens with zero attached hydrogens (tertiary/aromatic N) is 6. The second kappa shape index (κ2) is 13.7. The highest BCUT2D eigenvalue weighted by Crippen LogP contribution is 2.38. The second-order valence-electron chi connectivity index (χ2n) is 12.1. The minimum atomic E-state index is -4.53. The molecule has 15 heteroatoms. The fraction of sp³-hybridized carbons (Fsp3) is 0.333. The number of rotatable bonds is 8. The van der Waals surface area contributed by atoms with E-state index in [9.17, 15) is 27.3 Å². The van der Waals surface area contributed by atoms with Crippen LogP contribution in [-0.4, -0.2) is 65.9 Å². The third-order valence-electron chi connectivity index (χ3n) is 7.65. The molecule has 48 heavy (non-hydrogen) atoms. The Morgan fingerprint density at radius 1 is 1.08 bits per heavy atom. The molecule has 3 heterocycles. The van der Waals surface area contributed by atoms with Crippen molar-refractivity contribution in [1.82, 2.24) is 19.7 Å². The summed E-state index contributed by atoms with van der Waals surface area (Å²) < 4.78 is 78.0. The first-order chi connectivity index (χ1) is 22.7. The molecule has 1 aliphatic heterocycles. The molecule has 0 bridgehead atoms. The van der Waals surface area contributed by atoms with Gasteiger partial charge < -0.3 is 9.64 Å². The van der Waals surface area contributed by atoms with E-state index in [1.807, 2.05) is 6.07 Å². The summed E-state index contributed by atoms with van der Waals surface area (Å²) in [6.07, 6.45) is 3.84. The molecule has 5 rings (SSSR count). The summed E-state index contributed by atoms with van der Waals surface area (Å²) in [4.78, 5) is 22.6. The smallest absolute Gasteiger partial charge is 0.410 e. The Labute approximate surface area is 276 Å². The average Bonchev–Trinajstić information content (AvgIpc) is 3.49. The van der Waals surface area contributed by atoms with E-state index in [2.05, 4.69) is 4.98 Å². The Balaban J connectivity index is 1.51. The molecule has 252 valence electrons. The van der Waals surface area contributed by atoms with Gasteiger partial charge >= 0.3 is 6.09 Å². The van der Waals surface area contributed by atoms with Crippen molar-refractivity contribution in [2.45, 2.75) is 50.2 Å². The number of hydrogen-bond acceptors (Lipinski definition) is 9. The van der Waals surface area contributed by atoms with Gasteiger partial charge in [0.15, 0.2) is 11.7 Å². The number of hydroxylamine groups is 1. The van der Waals surface area contributed by atoms with E-state index in [4.69, 9.17) is 14.7 Å². The number of sulfone groups is 1.